The summed E-state index contributed by atoms with van der Waals surface area (Å²) in [6.07, 6.45) is 0. The van der Waals surface area contributed by atoms with Crippen LogP contribution >= 0.6 is 0 Å². The summed E-state index contributed by atoms with van der Waals surface area (Å²) < 4.78 is 28.4. The summed E-state index contributed by atoms with van der Waals surface area (Å²) in [5.41, 5.74) is 2.84. The Labute approximate surface area is 191 Å². The lowest BCUT2D eigenvalue weighted by atomic mass is 9.87. The predicted molar refractivity (Wildman–Crippen MR) is 126 cm³/mol. The van der Waals surface area contributed by atoms with Crippen LogP contribution < -0.4 is 10.2 Å². The third-order valence-corrected chi connectivity index (χ3v) is 5.59. The highest BCUT2D eigenvalue weighted by atomic mass is 19.1. The van der Waals surface area contributed by atoms with E-state index in [2.05, 4.69) is 26.1 Å². The molecule has 4 nitrogen and oxygen atoms in total. The number of hydrogen-bond donors (Lipinski definition) is 1. The van der Waals surface area contributed by atoms with Crippen LogP contribution in [0.15, 0.2) is 72.4 Å². The van der Waals surface area contributed by atoms with Crippen molar-refractivity contribution in [2.45, 2.75) is 33.1 Å². The van der Waals surface area contributed by atoms with Crippen molar-refractivity contribution in [3.8, 4) is 0 Å². The lowest BCUT2D eigenvalue weighted by Crippen LogP contribution is -2.33. The third-order valence-electron chi connectivity index (χ3n) is 5.59. The molecule has 0 saturated carbocycles. The lowest BCUT2D eigenvalue weighted by molar-refractivity contribution is -0.120. The van der Waals surface area contributed by atoms with Gasteiger partial charge in [0.05, 0.1) is 11.3 Å². The molecule has 3 aromatic rings. The fourth-order valence-electron chi connectivity index (χ4n) is 3.71. The van der Waals surface area contributed by atoms with Crippen LogP contribution in [0.25, 0.3) is 5.57 Å². The van der Waals surface area contributed by atoms with Crippen molar-refractivity contribution in [2.24, 2.45) is 0 Å². The van der Waals surface area contributed by atoms with Crippen LogP contribution in [0.2, 0.25) is 0 Å². The van der Waals surface area contributed by atoms with Gasteiger partial charge in [0.15, 0.2) is 0 Å². The zero-order valence-electron chi connectivity index (χ0n) is 18.9. The van der Waals surface area contributed by atoms with Crippen molar-refractivity contribution < 1.29 is 18.4 Å². The van der Waals surface area contributed by atoms with Gasteiger partial charge in [0.25, 0.3) is 11.8 Å². The highest BCUT2D eigenvalue weighted by molar-refractivity contribution is 6.46. The van der Waals surface area contributed by atoms with Gasteiger partial charge in [-0.3, -0.25) is 9.59 Å². The highest BCUT2D eigenvalue weighted by Crippen LogP contribution is 2.35. The number of hydrogen-bond acceptors (Lipinski definition) is 3. The molecule has 3 aromatic carbocycles. The van der Waals surface area contributed by atoms with Crippen LogP contribution in [-0.4, -0.2) is 11.8 Å². The summed E-state index contributed by atoms with van der Waals surface area (Å²) in [7, 11) is 0. The first-order valence-corrected chi connectivity index (χ1v) is 10.6. The molecule has 1 aliphatic rings. The highest BCUT2D eigenvalue weighted by Gasteiger charge is 2.41. The van der Waals surface area contributed by atoms with E-state index in [4.69, 9.17) is 0 Å². The van der Waals surface area contributed by atoms with E-state index in [-0.39, 0.29) is 16.7 Å². The van der Waals surface area contributed by atoms with Crippen molar-refractivity contribution in [1.29, 1.82) is 0 Å². The van der Waals surface area contributed by atoms with E-state index < -0.39 is 29.1 Å². The molecule has 1 aliphatic heterocycles. The second-order valence-electron chi connectivity index (χ2n) is 9.11. The largest absolute Gasteiger partial charge is 0.350 e. The van der Waals surface area contributed by atoms with E-state index in [9.17, 15) is 18.4 Å². The van der Waals surface area contributed by atoms with Crippen molar-refractivity contribution in [3.63, 3.8) is 0 Å². The number of nitrogens with zero attached hydrogens (tertiary/aromatic N) is 1. The van der Waals surface area contributed by atoms with Gasteiger partial charge in [-0.2, -0.15) is 0 Å². The lowest BCUT2D eigenvalue weighted by Gasteiger charge is -2.19. The first-order chi connectivity index (χ1) is 15.6. The number of nitrogens with one attached hydrogen (secondary N) is 1. The fourth-order valence-corrected chi connectivity index (χ4v) is 3.71. The van der Waals surface area contributed by atoms with Gasteiger partial charge in [-0.25, -0.2) is 13.7 Å². The molecule has 4 rings (SSSR count). The third kappa shape index (κ3) is 4.29. The van der Waals surface area contributed by atoms with Crippen molar-refractivity contribution in [2.75, 3.05) is 10.2 Å². The van der Waals surface area contributed by atoms with E-state index in [1.807, 2.05) is 43.3 Å². The maximum Gasteiger partial charge on any atom is 0.282 e. The number of halogens is 2. The number of rotatable bonds is 4. The van der Waals surface area contributed by atoms with Gasteiger partial charge in [0.2, 0.25) is 0 Å². The summed E-state index contributed by atoms with van der Waals surface area (Å²) in [5, 5.41) is 3.05. The van der Waals surface area contributed by atoms with Crippen molar-refractivity contribution >= 4 is 28.8 Å². The molecule has 0 aliphatic carbocycles. The molecule has 0 radical (unpaired) electrons. The molecule has 6 heteroatoms. The fraction of sp³-hybridized carbons (Fsp3) is 0.185. The Morgan fingerprint density at radius 3 is 2.06 bits per heavy atom. The first-order valence-electron chi connectivity index (χ1n) is 10.6. The zero-order chi connectivity index (χ0) is 23.9. The number of anilines is 2. The van der Waals surface area contributed by atoms with Crippen LogP contribution in [0.3, 0.4) is 0 Å². The second kappa shape index (κ2) is 8.28. The number of imide groups is 1. The molecule has 0 aromatic heterocycles. The maximum atomic E-state index is 14.5. The maximum absolute atomic E-state index is 14.5. The molecule has 0 unspecified atom stereocenters. The Bertz CT molecular complexity index is 1270. The number of carbonyl (C=O) groups is 2. The summed E-state index contributed by atoms with van der Waals surface area (Å²) >= 11 is 0. The van der Waals surface area contributed by atoms with Gasteiger partial charge in [-0.15, -0.1) is 0 Å². The number of amides is 2. The predicted octanol–water partition coefficient (Wildman–Crippen LogP) is 5.97. The number of aryl methyl sites for hydroxylation is 1. The monoisotopic (exact) mass is 446 g/mol. The quantitative estimate of drug-likeness (QED) is 0.503. The van der Waals surface area contributed by atoms with Gasteiger partial charge in [-0.05, 0) is 47.7 Å². The average Bonchev–Trinajstić information content (AvgIpc) is 3.00. The Balaban J connectivity index is 1.80. The molecule has 168 valence electrons. The summed E-state index contributed by atoms with van der Waals surface area (Å²) in [6, 6.07) is 17.3. The summed E-state index contributed by atoms with van der Waals surface area (Å²) in [5.74, 6) is -3.08. The van der Waals surface area contributed by atoms with Crippen molar-refractivity contribution in [3.05, 3.63) is 101 Å². The minimum Gasteiger partial charge on any atom is -0.350 e. The average molecular weight is 446 g/mol. The molecule has 0 atom stereocenters. The SMILES string of the molecule is Cc1ccc(C2=C(Nc3ccc(C(C)(C)C)cc3)C(=O)N(c3cc(F)ccc3F)C2=O)cc1. The topological polar surface area (TPSA) is 49.4 Å². The zero-order valence-corrected chi connectivity index (χ0v) is 18.9. The summed E-state index contributed by atoms with van der Waals surface area (Å²) in [6.45, 7) is 8.19. The standard InChI is InChI=1S/C27H24F2N2O2/c1-16-5-7-17(8-6-16)23-24(30-20-12-9-18(10-13-20)27(2,3)4)26(33)31(25(23)32)22-15-19(28)11-14-21(22)29/h5-15,30H,1-4H3. The first kappa shape index (κ1) is 22.4. The molecule has 1 N–H and O–H groups in total. The Kier molecular flexibility index (Phi) is 5.62. The van der Waals surface area contributed by atoms with E-state index >= 15 is 0 Å². The molecule has 0 spiro atoms. The molecule has 2 amide bonds. The van der Waals surface area contributed by atoms with Gasteiger partial charge in [-0.1, -0.05) is 62.7 Å². The van der Waals surface area contributed by atoms with Crippen LogP contribution in [0.1, 0.15) is 37.5 Å². The van der Waals surface area contributed by atoms with Gasteiger partial charge in [0, 0.05) is 11.8 Å². The van der Waals surface area contributed by atoms with E-state index in [0.717, 1.165) is 29.3 Å². The van der Waals surface area contributed by atoms with Crippen LogP contribution in [0.5, 0.6) is 0 Å². The normalized spacial score (nSPS) is 14.3. The van der Waals surface area contributed by atoms with Gasteiger partial charge >= 0.3 is 0 Å². The van der Waals surface area contributed by atoms with Crippen molar-refractivity contribution in [1.82, 2.24) is 0 Å². The smallest absolute Gasteiger partial charge is 0.282 e. The van der Waals surface area contributed by atoms with E-state index in [0.29, 0.717) is 16.2 Å². The summed E-state index contributed by atoms with van der Waals surface area (Å²) in [4.78, 5) is 27.4. The Morgan fingerprint density at radius 2 is 1.45 bits per heavy atom. The van der Waals surface area contributed by atoms with Crippen LogP contribution in [-0.2, 0) is 15.0 Å². The molecular weight excluding hydrogens is 422 g/mol. The van der Waals surface area contributed by atoms with E-state index in [1.165, 1.54) is 0 Å². The van der Waals surface area contributed by atoms with E-state index in [1.54, 1.807) is 12.1 Å². The van der Waals surface area contributed by atoms with Gasteiger partial charge < -0.3 is 5.32 Å². The molecule has 0 fully saturated rings. The molecule has 0 saturated heterocycles. The molecular formula is C27H24F2N2O2. The Morgan fingerprint density at radius 1 is 0.818 bits per heavy atom. The Hall–Kier alpha value is -3.80. The number of benzene rings is 3. The second-order valence-corrected chi connectivity index (χ2v) is 9.11. The molecule has 0 bridgehead atoms. The van der Waals surface area contributed by atoms with Crippen LogP contribution in [0, 0.1) is 18.6 Å². The molecule has 33 heavy (non-hydrogen) atoms. The van der Waals surface area contributed by atoms with Crippen LogP contribution in [0.4, 0.5) is 20.2 Å². The minimum atomic E-state index is -0.864. The molecule has 1 heterocycles. The van der Waals surface area contributed by atoms with Gasteiger partial charge in [0.1, 0.15) is 17.3 Å². The minimum absolute atomic E-state index is 0.0102. The number of carbonyl (C=O) groups excluding carboxylic acids is 2.